The fourth-order valence-electron chi connectivity index (χ4n) is 4.31. The number of hydrogen-bond donors (Lipinski definition) is 0. The first-order valence-corrected chi connectivity index (χ1v) is 12.3. The molecule has 1 aliphatic carbocycles. The van der Waals surface area contributed by atoms with E-state index in [0.29, 0.717) is 20.9 Å². The fraction of sp³-hybridized carbons (Fsp3) is 0.565. The highest BCUT2D eigenvalue weighted by Gasteiger charge is 2.80. The maximum atomic E-state index is 15.2. The Morgan fingerprint density at radius 2 is 0.941 bits per heavy atom. The highest BCUT2D eigenvalue weighted by atomic mass is 32.1. The SMILES string of the molecule is Cc1sc2c(C)c1COCCOCCOCc1c(C)sc(c1C)C1=C2C(F)(F)C(F)(F)C1(F)F. The average molecular weight is 527 g/mol. The van der Waals surface area contributed by atoms with Gasteiger partial charge in [-0.05, 0) is 49.9 Å². The Morgan fingerprint density at radius 1 is 0.588 bits per heavy atom. The zero-order valence-corrected chi connectivity index (χ0v) is 20.7. The molecular weight excluding hydrogens is 502 g/mol. The van der Waals surface area contributed by atoms with Gasteiger partial charge in [-0.1, -0.05) is 0 Å². The molecule has 3 nitrogen and oxygen atoms in total. The van der Waals surface area contributed by atoms with Gasteiger partial charge in [0.15, 0.2) is 0 Å². The Bertz CT molecular complexity index is 1050. The minimum Gasteiger partial charge on any atom is -0.377 e. The minimum absolute atomic E-state index is 0.0241. The molecule has 1 aliphatic heterocycles. The van der Waals surface area contributed by atoms with Gasteiger partial charge in [-0.25, -0.2) is 0 Å². The van der Waals surface area contributed by atoms with Gasteiger partial charge in [0.1, 0.15) is 0 Å². The number of hydrogen-bond acceptors (Lipinski definition) is 5. The minimum atomic E-state index is -5.58. The monoisotopic (exact) mass is 526 g/mol. The summed E-state index contributed by atoms with van der Waals surface area (Å²) in [7, 11) is 0. The summed E-state index contributed by atoms with van der Waals surface area (Å²) in [5.41, 5.74) is -1.08. The molecule has 0 saturated carbocycles. The molecule has 0 radical (unpaired) electrons. The zero-order chi connectivity index (χ0) is 25.1. The quantitative estimate of drug-likeness (QED) is 0.348. The van der Waals surface area contributed by atoms with Crippen molar-refractivity contribution in [3.63, 3.8) is 0 Å². The highest BCUT2D eigenvalue weighted by molar-refractivity contribution is 7.14. The van der Waals surface area contributed by atoms with Crippen molar-refractivity contribution < 1.29 is 40.6 Å². The molecule has 0 atom stereocenters. The first-order valence-electron chi connectivity index (χ1n) is 10.6. The van der Waals surface area contributed by atoms with Crippen molar-refractivity contribution in [2.75, 3.05) is 26.4 Å². The van der Waals surface area contributed by atoms with Crippen molar-refractivity contribution in [2.45, 2.75) is 58.7 Å². The number of fused-ring (bicyclic) bond motifs is 6. The van der Waals surface area contributed by atoms with E-state index in [-0.39, 0.29) is 60.5 Å². The predicted molar refractivity (Wildman–Crippen MR) is 119 cm³/mol. The Hall–Kier alpha value is -1.40. The summed E-state index contributed by atoms with van der Waals surface area (Å²) < 4.78 is 107. The van der Waals surface area contributed by atoms with Gasteiger partial charge in [-0.3, -0.25) is 0 Å². The van der Waals surface area contributed by atoms with Crippen LogP contribution >= 0.6 is 22.7 Å². The van der Waals surface area contributed by atoms with Crippen LogP contribution in [0.5, 0.6) is 0 Å². The molecule has 0 amide bonds. The standard InChI is InChI=1S/C23H24F6O3S2/c1-11-15-9-31-7-5-30-6-8-32-10-16-12(2)20(34-14(16)4)18-17(19(11)33-13(15)3)21(24,25)23(28,29)22(18,26)27/h5-10H2,1-4H3. The lowest BCUT2D eigenvalue weighted by atomic mass is 9.98. The van der Waals surface area contributed by atoms with Gasteiger partial charge in [-0.15, -0.1) is 22.7 Å². The average Bonchev–Trinajstić information content (AvgIpc) is 3.21. The van der Waals surface area contributed by atoms with Crippen LogP contribution in [0.3, 0.4) is 0 Å². The second kappa shape index (κ2) is 8.92. The predicted octanol–water partition coefficient (Wildman–Crippen LogP) is 6.94. The van der Waals surface area contributed by atoms with Crippen LogP contribution in [-0.4, -0.2) is 44.2 Å². The van der Waals surface area contributed by atoms with Gasteiger partial charge in [0.25, 0.3) is 0 Å². The zero-order valence-electron chi connectivity index (χ0n) is 19.1. The number of aryl methyl sites for hydroxylation is 2. The molecule has 2 aliphatic rings. The van der Waals surface area contributed by atoms with Crippen LogP contribution in [0.1, 0.15) is 41.8 Å². The molecule has 0 N–H and O–H groups in total. The van der Waals surface area contributed by atoms with Crippen LogP contribution in [0.15, 0.2) is 0 Å². The van der Waals surface area contributed by atoms with Crippen LogP contribution < -0.4 is 0 Å². The summed E-state index contributed by atoms with van der Waals surface area (Å²) in [6, 6.07) is 0. The lowest BCUT2D eigenvalue weighted by Gasteiger charge is -2.25. The topological polar surface area (TPSA) is 27.7 Å². The Balaban J connectivity index is 2.02. The molecule has 3 heterocycles. The molecule has 188 valence electrons. The summed E-state index contributed by atoms with van der Waals surface area (Å²) in [6.45, 7) is 7.27. The van der Waals surface area contributed by atoms with Crippen molar-refractivity contribution in [3.05, 3.63) is 41.8 Å². The first kappa shape index (κ1) is 25.7. The largest absolute Gasteiger partial charge is 0.380 e. The van der Waals surface area contributed by atoms with E-state index in [1.807, 2.05) is 0 Å². The Morgan fingerprint density at radius 3 is 1.32 bits per heavy atom. The Labute approximate surface area is 201 Å². The lowest BCUT2D eigenvalue weighted by molar-refractivity contribution is -0.254. The van der Waals surface area contributed by atoms with E-state index >= 15 is 17.6 Å². The summed E-state index contributed by atoms with van der Waals surface area (Å²) >= 11 is 1.61. The molecule has 34 heavy (non-hydrogen) atoms. The van der Waals surface area contributed by atoms with Crippen molar-refractivity contribution in [1.82, 2.24) is 0 Å². The van der Waals surface area contributed by atoms with Crippen LogP contribution in [0.4, 0.5) is 26.3 Å². The van der Waals surface area contributed by atoms with Crippen LogP contribution in [-0.2, 0) is 27.4 Å². The molecule has 0 saturated heterocycles. The van der Waals surface area contributed by atoms with Crippen molar-refractivity contribution in [2.24, 2.45) is 0 Å². The third-order valence-corrected chi connectivity index (χ3v) is 8.84. The summed E-state index contributed by atoms with van der Waals surface area (Å²) in [5, 5.41) is 0. The third kappa shape index (κ3) is 3.75. The normalized spacial score (nSPS) is 22.5. The number of thiophene rings is 2. The van der Waals surface area contributed by atoms with E-state index in [9.17, 15) is 8.78 Å². The van der Waals surface area contributed by atoms with Gasteiger partial charge in [0.05, 0.1) is 50.8 Å². The van der Waals surface area contributed by atoms with E-state index in [4.69, 9.17) is 14.2 Å². The molecule has 0 spiro atoms. The molecule has 11 heteroatoms. The van der Waals surface area contributed by atoms with Gasteiger partial charge in [0.2, 0.25) is 0 Å². The number of allylic oxidation sites excluding steroid dienone is 2. The third-order valence-electron chi connectivity index (χ3n) is 6.30. The maximum absolute atomic E-state index is 15.2. The second-order valence-electron chi connectivity index (χ2n) is 8.37. The number of halogens is 6. The van der Waals surface area contributed by atoms with Crippen molar-refractivity contribution in [1.29, 1.82) is 0 Å². The van der Waals surface area contributed by atoms with E-state index in [0.717, 1.165) is 22.7 Å². The van der Waals surface area contributed by atoms with E-state index in [2.05, 4.69) is 0 Å². The van der Waals surface area contributed by atoms with Gasteiger partial charge < -0.3 is 14.2 Å². The molecule has 2 aromatic rings. The maximum Gasteiger partial charge on any atom is 0.380 e. The van der Waals surface area contributed by atoms with Gasteiger partial charge in [-0.2, -0.15) is 26.3 Å². The van der Waals surface area contributed by atoms with E-state index < -0.39 is 28.9 Å². The summed E-state index contributed by atoms with van der Waals surface area (Å²) in [6.07, 6.45) is 0. The van der Waals surface area contributed by atoms with Gasteiger partial charge in [0, 0.05) is 19.5 Å². The first-order chi connectivity index (χ1) is 15.8. The molecule has 4 rings (SSSR count). The van der Waals surface area contributed by atoms with Crippen LogP contribution in [0.2, 0.25) is 0 Å². The second-order valence-corrected chi connectivity index (χ2v) is 10.8. The molecule has 0 fully saturated rings. The highest BCUT2D eigenvalue weighted by Crippen LogP contribution is 2.66. The number of alkyl halides is 6. The molecule has 0 aromatic carbocycles. The molecule has 0 unspecified atom stereocenters. The number of rotatable bonds is 0. The molecule has 2 aromatic heterocycles. The fourth-order valence-corrected chi connectivity index (χ4v) is 6.81. The van der Waals surface area contributed by atoms with Crippen LogP contribution in [0, 0.1) is 27.7 Å². The lowest BCUT2D eigenvalue weighted by Crippen LogP contribution is -2.48. The van der Waals surface area contributed by atoms with Crippen molar-refractivity contribution >= 4 is 33.8 Å². The molecule has 4 bridgehead atoms. The summed E-state index contributed by atoms with van der Waals surface area (Å²) in [4.78, 5) is 0.557. The summed E-state index contributed by atoms with van der Waals surface area (Å²) in [5.74, 6) is -15.7. The van der Waals surface area contributed by atoms with Gasteiger partial charge >= 0.3 is 17.8 Å². The Kier molecular flexibility index (Phi) is 6.74. The van der Waals surface area contributed by atoms with E-state index in [1.165, 1.54) is 13.8 Å². The van der Waals surface area contributed by atoms with E-state index in [1.54, 1.807) is 13.8 Å². The smallest absolute Gasteiger partial charge is 0.377 e. The van der Waals surface area contributed by atoms with Crippen molar-refractivity contribution in [3.8, 4) is 0 Å². The van der Waals surface area contributed by atoms with Crippen LogP contribution in [0.25, 0.3) is 11.1 Å². The number of ether oxygens (including phenoxy) is 3. The molecular formula is C23H24F6O3S2.